The van der Waals surface area contributed by atoms with Gasteiger partial charge < -0.3 is 20.6 Å². The third kappa shape index (κ3) is 3.24. The number of aromatic hydroxyl groups is 1. The molecule has 2 amide bonds. The van der Waals surface area contributed by atoms with E-state index < -0.39 is 5.91 Å². The summed E-state index contributed by atoms with van der Waals surface area (Å²) in [5.41, 5.74) is -0.0783. The number of hydrogen-bond donors (Lipinski definition) is 3. The zero-order valence-electron chi connectivity index (χ0n) is 11.3. The van der Waals surface area contributed by atoms with Crippen molar-refractivity contribution in [1.82, 2.24) is 20.5 Å². The summed E-state index contributed by atoms with van der Waals surface area (Å²) >= 11 is 0. The van der Waals surface area contributed by atoms with Crippen molar-refractivity contribution >= 4 is 11.8 Å². The predicted octanol–water partition coefficient (Wildman–Crippen LogP) is -0.663. The van der Waals surface area contributed by atoms with Crippen LogP contribution < -0.4 is 10.6 Å². The maximum atomic E-state index is 12.0. The molecule has 0 spiro atoms. The van der Waals surface area contributed by atoms with Crippen LogP contribution in [0.2, 0.25) is 0 Å². The highest BCUT2D eigenvalue weighted by Crippen LogP contribution is 2.12. The van der Waals surface area contributed by atoms with Crippen molar-refractivity contribution in [3.05, 3.63) is 24.0 Å². The number of nitrogens with zero attached hydrogens (tertiary/aromatic N) is 2. The van der Waals surface area contributed by atoms with Crippen LogP contribution in [0, 0.1) is 0 Å². The number of nitrogens with one attached hydrogen (secondary N) is 2. The van der Waals surface area contributed by atoms with Crippen molar-refractivity contribution in [1.29, 1.82) is 0 Å². The number of carbonyl (C=O) groups is 2. The van der Waals surface area contributed by atoms with E-state index >= 15 is 0 Å². The van der Waals surface area contributed by atoms with Gasteiger partial charge in [-0.2, -0.15) is 0 Å². The second-order valence-corrected chi connectivity index (χ2v) is 4.71. The van der Waals surface area contributed by atoms with Crippen LogP contribution >= 0.6 is 0 Å². The Kier molecular flexibility index (Phi) is 4.52. The van der Waals surface area contributed by atoms with Crippen molar-refractivity contribution < 1.29 is 14.7 Å². The first-order chi connectivity index (χ1) is 9.59. The molecule has 1 aromatic rings. The molecule has 1 fully saturated rings. The Bertz CT molecular complexity index is 500. The van der Waals surface area contributed by atoms with Crippen molar-refractivity contribution in [2.45, 2.75) is 12.5 Å². The van der Waals surface area contributed by atoms with Gasteiger partial charge in [0, 0.05) is 25.8 Å². The minimum Gasteiger partial charge on any atom is -0.505 e. The zero-order valence-corrected chi connectivity index (χ0v) is 11.3. The van der Waals surface area contributed by atoms with Gasteiger partial charge in [0.2, 0.25) is 5.91 Å². The Morgan fingerprint density at radius 1 is 1.60 bits per heavy atom. The summed E-state index contributed by atoms with van der Waals surface area (Å²) in [4.78, 5) is 29.2. The fourth-order valence-corrected chi connectivity index (χ4v) is 2.11. The Hall–Kier alpha value is -2.15. The summed E-state index contributed by atoms with van der Waals surface area (Å²) in [5, 5.41) is 15.2. The van der Waals surface area contributed by atoms with Crippen LogP contribution in [0.15, 0.2) is 18.3 Å². The van der Waals surface area contributed by atoms with E-state index in [2.05, 4.69) is 15.6 Å². The van der Waals surface area contributed by atoms with Crippen LogP contribution in [0.3, 0.4) is 0 Å². The van der Waals surface area contributed by atoms with Crippen LogP contribution in [-0.2, 0) is 4.79 Å². The smallest absolute Gasteiger partial charge is 0.274 e. The van der Waals surface area contributed by atoms with E-state index in [1.165, 1.54) is 18.3 Å². The molecule has 0 radical (unpaired) electrons. The maximum Gasteiger partial charge on any atom is 0.274 e. The molecule has 1 aliphatic rings. The maximum absolute atomic E-state index is 12.0. The summed E-state index contributed by atoms with van der Waals surface area (Å²) in [6, 6.07) is 3.07. The van der Waals surface area contributed by atoms with Gasteiger partial charge in [-0.15, -0.1) is 0 Å². The molecule has 3 N–H and O–H groups in total. The van der Waals surface area contributed by atoms with E-state index in [9.17, 15) is 14.7 Å². The fourth-order valence-electron chi connectivity index (χ4n) is 2.11. The lowest BCUT2D eigenvalue weighted by Gasteiger charge is -2.23. The van der Waals surface area contributed by atoms with Gasteiger partial charge in [-0.05, 0) is 25.1 Å². The van der Waals surface area contributed by atoms with E-state index in [1.54, 1.807) is 11.9 Å². The SMILES string of the molecule is CN(C(=O)CNC(=O)c1ncccc1O)C1CCNC1. The second kappa shape index (κ2) is 6.33. The number of carbonyl (C=O) groups excluding carboxylic acids is 2. The Morgan fingerprint density at radius 2 is 2.40 bits per heavy atom. The molecule has 0 saturated carbocycles. The summed E-state index contributed by atoms with van der Waals surface area (Å²) in [7, 11) is 1.73. The largest absolute Gasteiger partial charge is 0.505 e. The van der Waals surface area contributed by atoms with Crippen LogP contribution in [0.1, 0.15) is 16.9 Å². The molecule has 0 bridgehead atoms. The average molecular weight is 278 g/mol. The van der Waals surface area contributed by atoms with Crippen molar-refractivity contribution in [2.24, 2.45) is 0 Å². The first kappa shape index (κ1) is 14.3. The lowest BCUT2D eigenvalue weighted by atomic mass is 10.2. The van der Waals surface area contributed by atoms with Gasteiger partial charge in [-0.3, -0.25) is 9.59 Å². The standard InChI is InChI=1S/C13H18N4O3/c1-17(9-4-6-14-7-9)11(19)8-16-13(20)12-10(18)3-2-5-15-12/h2-3,5,9,14,18H,4,6-8H2,1H3,(H,16,20). The molecule has 0 aromatic carbocycles. The van der Waals surface area contributed by atoms with Crippen LogP contribution in [0.5, 0.6) is 5.75 Å². The molecule has 2 rings (SSSR count). The predicted molar refractivity (Wildman–Crippen MR) is 72.3 cm³/mol. The normalized spacial score (nSPS) is 17.8. The first-order valence-corrected chi connectivity index (χ1v) is 6.48. The molecule has 20 heavy (non-hydrogen) atoms. The van der Waals surface area contributed by atoms with Gasteiger partial charge in [0.05, 0.1) is 6.54 Å². The molecule has 2 heterocycles. The minimum atomic E-state index is -0.561. The second-order valence-electron chi connectivity index (χ2n) is 4.71. The molecule has 108 valence electrons. The van der Waals surface area contributed by atoms with E-state index in [-0.39, 0.29) is 29.9 Å². The number of likely N-dealkylation sites (N-methyl/N-ethyl adjacent to an activating group) is 1. The summed E-state index contributed by atoms with van der Waals surface area (Å²) in [6.45, 7) is 1.56. The number of hydrogen-bond acceptors (Lipinski definition) is 5. The summed E-state index contributed by atoms with van der Waals surface area (Å²) in [5.74, 6) is -0.928. The van der Waals surface area contributed by atoms with Crippen molar-refractivity contribution in [3.63, 3.8) is 0 Å². The van der Waals surface area contributed by atoms with E-state index in [4.69, 9.17) is 0 Å². The molecule has 1 unspecified atom stereocenters. The molecular formula is C13H18N4O3. The highest BCUT2D eigenvalue weighted by atomic mass is 16.3. The minimum absolute atomic E-state index is 0.0783. The number of aromatic nitrogens is 1. The van der Waals surface area contributed by atoms with Crippen molar-refractivity contribution in [2.75, 3.05) is 26.7 Å². The highest BCUT2D eigenvalue weighted by molar-refractivity contribution is 5.96. The molecule has 1 aromatic heterocycles. The Labute approximate surface area is 117 Å². The van der Waals surface area contributed by atoms with Gasteiger partial charge in [-0.1, -0.05) is 0 Å². The fraction of sp³-hybridized carbons (Fsp3) is 0.462. The quantitative estimate of drug-likeness (QED) is 0.679. The van der Waals surface area contributed by atoms with Gasteiger partial charge in [0.15, 0.2) is 5.69 Å². The van der Waals surface area contributed by atoms with Gasteiger partial charge in [0.25, 0.3) is 5.91 Å². The Morgan fingerprint density at radius 3 is 3.05 bits per heavy atom. The number of amides is 2. The molecule has 7 heteroatoms. The molecule has 1 atom stereocenters. The van der Waals surface area contributed by atoms with E-state index in [0.29, 0.717) is 0 Å². The van der Waals surface area contributed by atoms with E-state index in [0.717, 1.165) is 19.5 Å². The van der Waals surface area contributed by atoms with Gasteiger partial charge >= 0.3 is 0 Å². The van der Waals surface area contributed by atoms with Crippen LogP contribution in [0.4, 0.5) is 0 Å². The molecule has 0 aliphatic carbocycles. The first-order valence-electron chi connectivity index (χ1n) is 6.48. The lowest BCUT2D eigenvalue weighted by Crippen LogP contribution is -2.44. The molecular weight excluding hydrogens is 260 g/mol. The van der Waals surface area contributed by atoms with Gasteiger partial charge in [0.1, 0.15) is 5.75 Å². The lowest BCUT2D eigenvalue weighted by molar-refractivity contribution is -0.130. The van der Waals surface area contributed by atoms with E-state index in [1.807, 2.05) is 0 Å². The van der Waals surface area contributed by atoms with Gasteiger partial charge in [-0.25, -0.2) is 4.98 Å². The monoisotopic (exact) mass is 278 g/mol. The third-order valence-electron chi connectivity index (χ3n) is 3.38. The van der Waals surface area contributed by atoms with Crippen LogP contribution in [-0.4, -0.2) is 59.5 Å². The number of pyridine rings is 1. The summed E-state index contributed by atoms with van der Waals surface area (Å²) in [6.07, 6.45) is 2.32. The zero-order chi connectivity index (χ0) is 14.5. The number of rotatable bonds is 4. The average Bonchev–Trinajstić information content (AvgIpc) is 2.98. The summed E-state index contributed by atoms with van der Waals surface area (Å²) < 4.78 is 0. The topological polar surface area (TPSA) is 94.6 Å². The molecule has 1 aliphatic heterocycles. The Balaban J connectivity index is 1.87. The van der Waals surface area contributed by atoms with Crippen LogP contribution in [0.25, 0.3) is 0 Å². The molecule has 1 saturated heterocycles. The highest BCUT2D eigenvalue weighted by Gasteiger charge is 2.23. The molecule has 7 nitrogen and oxygen atoms in total. The third-order valence-corrected chi connectivity index (χ3v) is 3.38. The van der Waals surface area contributed by atoms with Crippen molar-refractivity contribution in [3.8, 4) is 5.75 Å².